The number of carbonyl (C=O) groups is 1. The molecule has 43 heteroatoms. The Labute approximate surface area is 747 Å². The van der Waals surface area contributed by atoms with Crippen molar-refractivity contribution in [1.82, 2.24) is 8.47 Å². The Kier molecular flexibility index (Phi) is 37.2. The number of carboxylic acids is 1. The van der Waals surface area contributed by atoms with Crippen LogP contribution in [0.25, 0.3) is 21.5 Å². The molecule has 4 aromatic carbocycles. The van der Waals surface area contributed by atoms with E-state index >= 15 is 0 Å². The van der Waals surface area contributed by atoms with Gasteiger partial charge in [0.2, 0.25) is 0 Å². The zero-order valence-corrected chi connectivity index (χ0v) is 80.0. The van der Waals surface area contributed by atoms with Crippen molar-refractivity contribution in [2.75, 3.05) is 108 Å². The summed E-state index contributed by atoms with van der Waals surface area (Å²) in [6.45, 7) is 10.9. The zero-order valence-electron chi connectivity index (χ0n) is 65.0. The molecule has 0 N–H and O–H groups in total. The molecule has 10 rings (SSSR count). The Hall–Kier alpha value is -2.33. The van der Waals surface area contributed by atoms with E-state index in [1.807, 2.05) is 106 Å². The van der Waals surface area contributed by atoms with Gasteiger partial charge in [0.25, 0.3) is 0 Å². The number of benzene rings is 4. The van der Waals surface area contributed by atoms with Gasteiger partial charge in [-0.25, -0.2) is 72.0 Å². The molecule has 6 heterocycles. The minimum Gasteiger partial charge on any atom is -0.748 e. The van der Waals surface area contributed by atoms with Crippen molar-refractivity contribution in [3.63, 3.8) is 0 Å². The number of fused-ring (bicyclic) bond motifs is 14. The number of unbranched alkanes of at least 4 members (excludes halogenated alkanes) is 5. The number of hydrogen-bond acceptors (Lipinski definition) is 27. The van der Waals surface area contributed by atoms with Crippen molar-refractivity contribution in [3.05, 3.63) is 130 Å². The molecule has 1 unspecified atom stereocenters. The second kappa shape index (κ2) is 42.3. The van der Waals surface area contributed by atoms with E-state index in [9.17, 15) is 74.8 Å². The number of aliphatic imine (C=N–C) groups is 4. The topological polar surface area (TPSA) is 447 Å². The van der Waals surface area contributed by atoms with Crippen molar-refractivity contribution < 1.29 is 220 Å². The largest absolute Gasteiger partial charge is 1.00 e. The van der Waals surface area contributed by atoms with Crippen LogP contribution in [0.15, 0.2) is 127 Å². The molecule has 0 saturated carbocycles. The number of ether oxygens (including phenoxy) is 2. The molecule has 0 saturated heterocycles. The number of quaternary nitrogens is 2. The predicted octanol–water partition coefficient (Wildman–Crippen LogP) is -6.96. The Balaban J connectivity index is 0.00000489. The predicted molar refractivity (Wildman–Crippen MR) is 407 cm³/mol. The number of amidine groups is 4. The van der Waals surface area contributed by atoms with Crippen LogP contribution in [0.2, 0.25) is 38.3 Å². The maximum absolute atomic E-state index is 12.0. The average Bonchev–Trinajstić information content (AvgIpc) is 1.52. The van der Waals surface area contributed by atoms with E-state index in [0.717, 1.165) is 0 Å². The van der Waals surface area contributed by atoms with E-state index in [4.69, 9.17) is 47.7 Å². The first-order valence-corrected chi connectivity index (χ1v) is 52.1. The summed E-state index contributed by atoms with van der Waals surface area (Å²) in [5.41, 5.74) is 3.49. The Morgan fingerprint density at radius 3 is 0.982 bits per heavy atom. The van der Waals surface area contributed by atoms with Gasteiger partial charge >= 0.3 is 127 Å². The van der Waals surface area contributed by atoms with Crippen molar-refractivity contribution in [2.45, 2.75) is 122 Å². The summed E-state index contributed by atoms with van der Waals surface area (Å²) in [6, 6.07) is 31.4. The molecule has 0 fully saturated rings. The van der Waals surface area contributed by atoms with Crippen LogP contribution < -0.4 is 134 Å². The number of rotatable bonds is 46. The molecule has 112 heavy (non-hydrogen) atoms. The number of hydrogen-bond donors (Lipinski definition) is 0. The number of carboxylic acid groups (broad SMARTS) is 1. The first-order valence-electron chi connectivity index (χ1n) is 36.2. The number of nitrogens with zero attached hydrogens (tertiary/aromatic N) is 10. The van der Waals surface area contributed by atoms with Crippen LogP contribution in [0.3, 0.4) is 0 Å². The Morgan fingerprint density at radius 1 is 0.375 bits per heavy atom. The van der Waals surface area contributed by atoms with Crippen molar-refractivity contribution >= 4 is 139 Å². The van der Waals surface area contributed by atoms with Gasteiger partial charge in [0.15, 0.2) is 40.0 Å². The molecule has 0 radical (unpaired) electrons. The van der Waals surface area contributed by atoms with Crippen LogP contribution in [0.1, 0.15) is 106 Å². The van der Waals surface area contributed by atoms with Gasteiger partial charge in [-0.15, -0.1) is 0 Å². The molecule has 0 spiro atoms. The zero-order chi connectivity index (χ0) is 78.0. The monoisotopic (exact) mass is 1730 g/mol. The first-order chi connectivity index (χ1) is 50.9. The van der Waals surface area contributed by atoms with Crippen LogP contribution in [0.5, 0.6) is 0 Å². The van der Waals surface area contributed by atoms with E-state index in [-0.39, 0.29) is 244 Å². The molecule has 590 valence electrons. The molecule has 6 bridgehead atoms. The number of carbonyl (C=O) groups excluding carboxylic acids is 1. The maximum Gasteiger partial charge on any atom is 1.00 e. The van der Waals surface area contributed by atoms with Crippen molar-refractivity contribution in [2.24, 2.45) is 30.0 Å². The van der Waals surface area contributed by atoms with Crippen LogP contribution in [0, 0.1) is 0 Å². The summed E-state index contributed by atoms with van der Waals surface area (Å²) < 4.78 is 213. The molecule has 1 atom stereocenters. The fourth-order valence-electron chi connectivity index (χ4n) is 14.8. The summed E-state index contributed by atoms with van der Waals surface area (Å²) in [7, 11) is -35.2. The average molecular weight is 1730 g/mol. The molecular formula is C69H92N10Na4O21S5Si3. The third-order valence-electron chi connectivity index (χ3n) is 19.9. The first kappa shape index (κ1) is 98.5. The molecule has 4 aliphatic heterocycles. The number of aromatic nitrogens is 2. The smallest absolute Gasteiger partial charge is 0.748 e. The fourth-order valence-corrected chi connectivity index (χ4v) is 30.2. The van der Waals surface area contributed by atoms with E-state index in [2.05, 4.69) is 26.2 Å². The van der Waals surface area contributed by atoms with E-state index in [0.29, 0.717) is 147 Å². The fraction of sp³-hybridized carbons (Fsp3) is 0.522. The summed E-state index contributed by atoms with van der Waals surface area (Å²) >= 11 is 0. The minimum absolute atomic E-state index is 0. The van der Waals surface area contributed by atoms with Gasteiger partial charge in [-0.05, 0) is 115 Å². The van der Waals surface area contributed by atoms with Crippen molar-refractivity contribution in [3.8, 4) is 0 Å². The third-order valence-corrected chi connectivity index (χ3v) is 35.5. The van der Waals surface area contributed by atoms with Gasteiger partial charge in [0, 0.05) is 85.0 Å². The molecule has 4 aliphatic rings. The van der Waals surface area contributed by atoms with Crippen molar-refractivity contribution in [1.29, 1.82) is 0 Å². The van der Waals surface area contributed by atoms with Gasteiger partial charge in [0.1, 0.15) is 29.2 Å². The summed E-state index contributed by atoms with van der Waals surface area (Å²) in [5.74, 6) is -2.41. The number of aliphatic carboxylic acids is 1. The summed E-state index contributed by atoms with van der Waals surface area (Å²) in [5, 5.41) is 13.7. The van der Waals surface area contributed by atoms with Gasteiger partial charge in [-0.1, -0.05) is 97.1 Å². The van der Waals surface area contributed by atoms with Crippen LogP contribution >= 0.6 is 0 Å². The van der Waals surface area contributed by atoms with Crippen LogP contribution in [0.4, 0.5) is 11.6 Å². The molecule has 0 aliphatic carbocycles. The molecule has 6 aromatic rings. The minimum atomic E-state index is -5.00. The van der Waals surface area contributed by atoms with Gasteiger partial charge in [-0.3, -0.25) is 8.47 Å². The summed E-state index contributed by atoms with van der Waals surface area (Å²) in [4.78, 5) is 44.2. The van der Waals surface area contributed by atoms with E-state index in [1.165, 1.54) is 0 Å². The quantitative estimate of drug-likeness (QED) is 0.0148. The third kappa shape index (κ3) is 27.6. The normalized spacial score (nSPS) is 15.6. The SMILES string of the molecule is C[Si](C)(CCC[N+](CCCCS(=O)(=O)[O-])(CCCCS(=O)(=O)[O-])CCCCS(=O)(=O)[O-])O[Si]1(O[Si](C)(C)CCC[N+](CCCCS(=O)(=O)[O-])(CCCCS(=O)(=O)[O-])CCOCCOCCC(=O)[O-])n2c3c4ccccc4c2N=C2N=C(N=c4c5ccccc5c(n41)=NC1=NC(=N3)c3ccccc31)c1ccccc12.[Na+].[Na+].[Na+].[Na+]. The van der Waals surface area contributed by atoms with Crippen LogP contribution in [-0.4, -0.2) is 245 Å². The van der Waals surface area contributed by atoms with E-state index < -0.39 is 111 Å². The molecule has 0 amide bonds. The Bertz CT molecular complexity index is 4890. The Morgan fingerprint density at radius 2 is 0.661 bits per heavy atom. The van der Waals surface area contributed by atoms with E-state index in [1.54, 1.807) is 0 Å². The maximum atomic E-state index is 12.0. The van der Waals surface area contributed by atoms with Gasteiger partial charge in [0.05, 0.1) is 123 Å². The van der Waals surface area contributed by atoms with Crippen LogP contribution in [-0.2, 0) is 73.1 Å². The molecule has 2 aromatic heterocycles. The standard InChI is InChI=1S/C69H96N10O21S5Si3.4Na/c1-106(2,51-23-39-78(34-13-18-46-101(82,83)84,35-14-19-47-102(85,86)87)36-15-20-48-103(88,89)90)99-108(100-107(3,4)52-24-40-79(37-16-21-49-104(91,92)93,38-17-22-50-105(94,95)96)41-43-98-45-44-97-42-33-61(80)81)76-66-57-29-9-10-30-58(57)68(76)74-64-55-27-7-8-28-56(55)65(71-64)75-69-60-32-12-11-31-59(60)67(77(69)108)73-63-54-26-6-5-25-53(54)62(70-63)72-66;;;;/h5-12,25-32H,13-24,33-52H2,1-4H3,(H4-2,80,81,82,83,84,85,86,87,88,89,90,91,92,93,94,95,96);;;;/q;4*+1/p-4. The molecule has 31 nitrogen and oxygen atoms in total. The second-order valence-corrected chi connectivity index (χ2v) is 48.5. The summed E-state index contributed by atoms with van der Waals surface area (Å²) in [6.07, 6.45) is 1.67. The second-order valence-electron chi connectivity index (χ2n) is 29.3. The molecular weight excluding hydrogens is 1640 g/mol. The van der Waals surface area contributed by atoms with Gasteiger partial charge < -0.3 is 59.3 Å². The van der Waals surface area contributed by atoms with Gasteiger partial charge in [-0.2, -0.15) is 0 Å².